The molecule has 0 radical (unpaired) electrons. The van der Waals surface area contributed by atoms with Crippen LogP contribution < -0.4 is 10.6 Å². The van der Waals surface area contributed by atoms with E-state index in [-0.39, 0.29) is 5.97 Å². The average Bonchev–Trinajstić information content (AvgIpc) is 3.52. The second-order valence-electron chi connectivity index (χ2n) is 8.06. The third-order valence-corrected chi connectivity index (χ3v) is 6.91. The van der Waals surface area contributed by atoms with E-state index in [0.717, 1.165) is 10.4 Å². The predicted octanol–water partition coefficient (Wildman–Crippen LogP) is 6.80. The van der Waals surface area contributed by atoms with E-state index in [0.29, 0.717) is 34.6 Å². The van der Waals surface area contributed by atoms with E-state index in [4.69, 9.17) is 17.0 Å². The van der Waals surface area contributed by atoms with Gasteiger partial charge in [0.25, 0.3) is 0 Å². The Kier molecular flexibility index (Phi) is 7.06. The van der Waals surface area contributed by atoms with Gasteiger partial charge in [0.2, 0.25) is 0 Å². The van der Waals surface area contributed by atoms with Crippen LogP contribution in [0.15, 0.2) is 91.1 Å². The molecular formula is C28H24N4O2S2. The van der Waals surface area contributed by atoms with Crippen molar-refractivity contribution in [2.45, 2.75) is 13.5 Å². The predicted molar refractivity (Wildman–Crippen MR) is 151 cm³/mol. The Morgan fingerprint density at radius 2 is 1.78 bits per heavy atom. The number of benzene rings is 3. The standard InChI is InChI=1S/C28H24N4O2S2/c1-2-34-27(33)23-17-24(20-10-4-3-5-11-20)36-26(23)30-28(35)29-25-15-16-32(31-25)18-21-13-8-12-19-9-6-7-14-22(19)21/h3-17H,2,18H2,1H3,(H2,29,30,31,35). The number of fused-ring (bicyclic) bond motifs is 1. The lowest BCUT2D eigenvalue weighted by atomic mass is 10.0. The average molecular weight is 513 g/mol. The minimum atomic E-state index is -0.388. The molecule has 0 atom stereocenters. The van der Waals surface area contributed by atoms with E-state index in [9.17, 15) is 4.79 Å². The van der Waals surface area contributed by atoms with Crippen LogP contribution in [0, 0.1) is 0 Å². The molecule has 0 fully saturated rings. The Morgan fingerprint density at radius 3 is 2.61 bits per heavy atom. The smallest absolute Gasteiger partial charge is 0.341 e. The number of anilines is 2. The number of aromatic nitrogens is 2. The summed E-state index contributed by atoms with van der Waals surface area (Å²) in [5, 5.41) is 14.3. The van der Waals surface area contributed by atoms with Crippen LogP contribution in [0.25, 0.3) is 21.2 Å². The number of carbonyl (C=O) groups excluding carboxylic acids is 1. The molecule has 0 amide bonds. The van der Waals surface area contributed by atoms with Crippen molar-refractivity contribution in [3.8, 4) is 10.4 Å². The van der Waals surface area contributed by atoms with Crippen molar-refractivity contribution >= 4 is 56.2 Å². The highest BCUT2D eigenvalue weighted by Crippen LogP contribution is 2.36. The molecule has 0 saturated carbocycles. The van der Waals surface area contributed by atoms with Crippen LogP contribution in [0.1, 0.15) is 22.8 Å². The molecule has 5 rings (SSSR count). The second-order valence-corrected chi connectivity index (χ2v) is 9.52. The second kappa shape index (κ2) is 10.7. The van der Waals surface area contributed by atoms with Crippen LogP contribution in [0.3, 0.4) is 0 Å². The summed E-state index contributed by atoms with van der Waals surface area (Å²) >= 11 is 6.99. The summed E-state index contributed by atoms with van der Waals surface area (Å²) in [4.78, 5) is 13.5. The maximum atomic E-state index is 12.6. The van der Waals surface area contributed by atoms with Gasteiger partial charge in [0, 0.05) is 17.1 Å². The molecule has 0 aliphatic heterocycles. The zero-order valence-electron chi connectivity index (χ0n) is 19.6. The van der Waals surface area contributed by atoms with Gasteiger partial charge < -0.3 is 15.4 Å². The number of esters is 1. The molecule has 5 aromatic rings. The van der Waals surface area contributed by atoms with Crippen molar-refractivity contribution in [3.63, 3.8) is 0 Å². The first-order chi connectivity index (χ1) is 17.6. The molecular weight excluding hydrogens is 488 g/mol. The van der Waals surface area contributed by atoms with E-state index in [1.54, 1.807) is 6.92 Å². The Balaban J connectivity index is 1.31. The van der Waals surface area contributed by atoms with Gasteiger partial charge in [-0.25, -0.2) is 4.79 Å². The van der Waals surface area contributed by atoms with Crippen LogP contribution in [0.4, 0.5) is 10.8 Å². The van der Waals surface area contributed by atoms with Crippen molar-refractivity contribution in [1.82, 2.24) is 9.78 Å². The fraction of sp³-hybridized carbons (Fsp3) is 0.107. The van der Waals surface area contributed by atoms with Crippen LogP contribution in [-0.4, -0.2) is 27.5 Å². The number of thiocarbonyl (C=S) groups is 1. The van der Waals surface area contributed by atoms with Crippen LogP contribution in [0.5, 0.6) is 0 Å². The molecule has 2 N–H and O–H groups in total. The zero-order chi connectivity index (χ0) is 24.9. The monoisotopic (exact) mass is 512 g/mol. The molecule has 3 aromatic carbocycles. The van der Waals surface area contributed by atoms with Gasteiger partial charge in [0.1, 0.15) is 5.00 Å². The normalized spacial score (nSPS) is 10.8. The lowest BCUT2D eigenvalue weighted by Crippen LogP contribution is -2.20. The summed E-state index contributed by atoms with van der Waals surface area (Å²) in [5.41, 5.74) is 2.66. The Hall–Kier alpha value is -4.01. The summed E-state index contributed by atoms with van der Waals surface area (Å²) in [6.07, 6.45) is 1.91. The van der Waals surface area contributed by atoms with E-state index >= 15 is 0 Å². The van der Waals surface area contributed by atoms with Crippen LogP contribution in [0.2, 0.25) is 0 Å². The molecule has 0 aliphatic carbocycles. The maximum absolute atomic E-state index is 12.6. The van der Waals surface area contributed by atoms with Gasteiger partial charge in [0.15, 0.2) is 10.9 Å². The van der Waals surface area contributed by atoms with E-state index in [1.807, 2.05) is 65.5 Å². The van der Waals surface area contributed by atoms with Crippen molar-refractivity contribution in [1.29, 1.82) is 0 Å². The summed E-state index contributed by atoms with van der Waals surface area (Å²) in [7, 11) is 0. The van der Waals surface area contributed by atoms with Gasteiger partial charge in [-0.2, -0.15) is 5.10 Å². The van der Waals surface area contributed by atoms with Crippen molar-refractivity contribution < 1.29 is 9.53 Å². The van der Waals surface area contributed by atoms with Gasteiger partial charge >= 0.3 is 5.97 Å². The Morgan fingerprint density at radius 1 is 1.00 bits per heavy atom. The fourth-order valence-electron chi connectivity index (χ4n) is 3.96. The zero-order valence-corrected chi connectivity index (χ0v) is 21.2. The molecule has 2 aromatic heterocycles. The summed E-state index contributed by atoms with van der Waals surface area (Å²) in [5.74, 6) is 0.228. The number of thiophene rings is 1. The first-order valence-corrected chi connectivity index (χ1v) is 12.8. The molecule has 0 saturated heterocycles. The van der Waals surface area contributed by atoms with Crippen molar-refractivity contribution in [2.24, 2.45) is 0 Å². The van der Waals surface area contributed by atoms with Gasteiger partial charge in [-0.3, -0.25) is 4.68 Å². The van der Waals surface area contributed by atoms with E-state index in [1.165, 1.54) is 27.7 Å². The summed E-state index contributed by atoms with van der Waals surface area (Å²) in [6, 6.07) is 28.2. The number of rotatable bonds is 7. The van der Waals surface area contributed by atoms with Gasteiger partial charge in [0.05, 0.1) is 18.7 Å². The van der Waals surface area contributed by atoms with Crippen LogP contribution in [-0.2, 0) is 11.3 Å². The summed E-state index contributed by atoms with van der Waals surface area (Å²) < 4.78 is 7.13. The first-order valence-electron chi connectivity index (χ1n) is 11.5. The molecule has 0 bridgehead atoms. The fourth-order valence-corrected chi connectivity index (χ4v) is 5.29. The molecule has 0 aliphatic rings. The van der Waals surface area contributed by atoms with E-state index in [2.05, 4.69) is 46.1 Å². The number of ether oxygens (including phenoxy) is 1. The lowest BCUT2D eigenvalue weighted by Gasteiger charge is -2.09. The van der Waals surface area contributed by atoms with Gasteiger partial charge in [-0.1, -0.05) is 72.8 Å². The first kappa shape index (κ1) is 23.7. The number of nitrogens with one attached hydrogen (secondary N) is 2. The van der Waals surface area contributed by atoms with Crippen molar-refractivity contribution in [2.75, 3.05) is 17.2 Å². The highest BCUT2D eigenvalue weighted by atomic mass is 32.1. The quantitative estimate of drug-likeness (QED) is 0.185. The molecule has 6 nitrogen and oxygen atoms in total. The van der Waals surface area contributed by atoms with Crippen LogP contribution >= 0.6 is 23.6 Å². The maximum Gasteiger partial charge on any atom is 0.341 e. The lowest BCUT2D eigenvalue weighted by molar-refractivity contribution is 0.0528. The highest BCUT2D eigenvalue weighted by molar-refractivity contribution is 7.80. The third-order valence-electron chi connectivity index (χ3n) is 5.61. The number of nitrogens with zero attached hydrogens (tertiary/aromatic N) is 2. The molecule has 0 unspecified atom stereocenters. The largest absolute Gasteiger partial charge is 0.462 e. The topological polar surface area (TPSA) is 68.2 Å². The molecule has 180 valence electrons. The van der Waals surface area contributed by atoms with E-state index < -0.39 is 0 Å². The van der Waals surface area contributed by atoms with Gasteiger partial charge in [-0.05, 0) is 47.1 Å². The Labute approximate surface area is 218 Å². The number of carbonyl (C=O) groups is 1. The molecule has 0 spiro atoms. The minimum Gasteiger partial charge on any atom is -0.462 e. The molecule has 36 heavy (non-hydrogen) atoms. The highest BCUT2D eigenvalue weighted by Gasteiger charge is 2.19. The number of hydrogen-bond acceptors (Lipinski definition) is 5. The number of hydrogen-bond donors (Lipinski definition) is 2. The van der Waals surface area contributed by atoms with Crippen molar-refractivity contribution in [3.05, 3.63) is 102 Å². The SMILES string of the molecule is CCOC(=O)c1cc(-c2ccccc2)sc1NC(=S)Nc1ccn(Cc2cccc3ccccc23)n1. The third kappa shape index (κ3) is 5.30. The minimum absolute atomic E-state index is 0.297. The Bertz CT molecular complexity index is 1520. The summed E-state index contributed by atoms with van der Waals surface area (Å²) in [6.45, 7) is 2.73. The molecule has 8 heteroatoms. The molecule has 2 heterocycles. The van der Waals surface area contributed by atoms with Gasteiger partial charge in [-0.15, -0.1) is 11.3 Å².